The number of hydrogen-bond acceptors (Lipinski definition) is 3. The van der Waals surface area contributed by atoms with Gasteiger partial charge < -0.3 is 9.88 Å². The molecule has 1 spiro atoms. The van der Waals surface area contributed by atoms with Gasteiger partial charge in [-0.25, -0.2) is 4.98 Å². The minimum atomic E-state index is -4.55. The first kappa shape index (κ1) is 16.7. The van der Waals surface area contributed by atoms with Crippen LogP contribution in [0.5, 0.6) is 0 Å². The molecule has 0 amide bonds. The van der Waals surface area contributed by atoms with Gasteiger partial charge in [-0.05, 0) is 55.4 Å². The average Bonchev–Trinajstić information content (AvgIpc) is 3.17. The van der Waals surface area contributed by atoms with E-state index in [1.807, 2.05) is 10.8 Å². The lowest BCUT2D eigenvalue weighted by atomic mass is 9.84. The lowest BCUT2D eigenvalue weighted by molar-refractivity contribution is -0.137. The second kappa shape index (κ2) is 5.90. The number of halogens is 3. The molecular formula is C19H17F3N4. The monoisotopic (exact) mass is 358 g/mol. The highest BCUT2D eigenvalue weighted by Crippen LogP contribution is 2.56. The van der Waals surface area contributed by atoms with Gasteiger partial charge >= 0.3 is 6.18 Å². The summed E-state index contributed by atoms with van der Waals surface area (Å²) in [5, 5.41) is 12.2. The van der Waals surface area contributed by atoms with E-state index in [4.69, 9.17) is 5.26 Å². The first-order valence-corrected chi connectivity index (χ1v) is 8.48. The number of anilines is 1. The van der Waals surface area contributed by atoms with Crippen molar-refractivity contribution in [2.24, 2.45) is 5.41 Å². The van der Waals surface area contributed by atoms with Gasteiger partial charge in [-0.3, -0.25) is 0 Å². The van der Waals surface area contributed by atoms with Crippen LogP contribution in [0, 0.1) is 16.7 Å². The summed E-state index contributed by atoms with van der Waals surface area (Å²) in [5.41, 5.74) is 0.348. The van der Waals surface area contributed by atoms with Crippen LogP contribution in [0.25, 0.3) is 5.70 Å². The third-order valence-corrected chi connectivity index (χ3v) is 5.39. The molecule has 1 fully saturated rings. The summed E-state index contributed by atoms with van der Waals surface area (Å²) in [5.74, 6) is 0. The summed E-state index contributed by atoms with van der Waals surface area (Å²) in [7, 11) is 0. The van der Waals surface area contributed by atoms with Crippen LogP contribution >= 0.6 is 0 Å². The van der Waals surface area contributed by atoms with Crippen LogP contribution in [0.3, 0.4) is 0 Å². The van der Waals surface area contributed by atoms with Crippen molar-refractivity contribution >= 4 is 11.4 Å². The summed E-state index contributed by atoms with van der Waals surface area (Å²) in [6, 6.07) is 5.39. The lowest BCUT2D eigenvalue weighted by Gasteiger charge is -2.32. The highest BCUT2D eigenvalue weighted by atomic mass is 19.4. The minimum absolute atomic E-state index is 0.0392. The third-order valence-electron chi connectivity index (χ3n) is 5.39. The van der Waals surface area contributed by atoms with E-state index >= 15 is 0 Å². The Labute approximate surface area is 149 Å². The van der Waals surface area contributed by atoms with E-state index in [0.29, 0.717) is 5.69 Å². The SMILES string of the molecule is N#Cc1ccc(NC2C=C(n3ccnc3)CCC23CC3)cc1C(F)(F)F. The number of allylic oxidation sites excluding steroid dienone is 1. The fourth-order valence-corrected chi connectivity index (χ4v) is 3.69. The van der Waals surface area contributed by atoms with Gasteiger partial charge in [-0.2, -0.15) is 18.4 Å². The van der Waals surface area contributed by atoms with Crippen LogP contribution in [0.1, 0.15) is 36.8 Å². The van der Waals surface area contributed by atoms with Gasteiger partial charge in [0, 0.05) is 23.8 Å². The van der Waals surface area contributed by atoms with Crippen molar-refractivity contribution in [2.75, 3.05) is 5.32 Å². The number of aromatic nitrogens is 2. The maximum atomic E-state index is 13.2. The first-order chi connectivity index (χ1) is 12.4. The molecule has 2 aliphatic rings. The first-order valence-electron chi connectivity index (χ1n) is 8.48. The van der Waals surface area contributed by atoms with Crippen LogP contribution in [0.4, 0.5) is 18.9 Å². The zero-order valence-electron chi connectivity index (χ0n) is 13.9. The van der Waals surface area contributed by atoms with E-state index in [9.17, 15) is 13.2 Å². The van der Waals surface area contributed by atoms with Crippen molar-refractivity contribution in [1.29, 1.82) is 5.26 Å². The second-order valence-electron chi connectivity index (χ2n) is 6.98. The van der Waals surface area contributed by atoms with E-state index < -0.39 is 11.7 Å². The molecule has 1 aromatic heterocycles. The van der Waals surface area contributed by atoms with Crippen LogP contribution in [-0.2, 0) is 6.18 Å². The fourth-order valence-electron chi connectivity index (χ4n) is 3.69. The quantitative estimate of drug-likeness (QED) is 0.867. The molecule has 4 rings (SSSR count). The van der Waals surface area contributed by atoms with Crippen molar-refractivity contribution in [3.63, 3.8) is 0 Å². The summed E-state index contributed by atoms with van der Waals surface area (Å²) in [6.07, 6.45) is 6.93. The van der Waals surface area contributed by atoms with E-state index in [1.165, 1.54) is 6.07 Å². The maximum absolute atomic E-state index is 13.2. The molecule has 1 heterocycles. The summed E-state index contributed by atoms with van der Waals surface area (Å²) in [6.45, 7) is 0. The third kappa shape index (κ3) is 2.96. The van der Waals surface area contributed by atoms with Crippen molar-refractivity contribution in [3.8, 4) is 6.07 Å². The number of nitriles is 1. The van der Waals surface area contributed by atoms with Crippen LogP contribution in [0.15, 0.2) is 43.0 Å². The zero-order chi connectivity index (χ0) is 18.4. The Balaban J connectivity index is 1.65. The number of alkyl halides is 3. The largest absolute Gasteiger partial charge is 0.417 e. The number of nitrogens with one attached hydrogen (secondary N) is 1. The average molecular weight is 358 g/mol. The summed E-state index contributed by atoms with van der Waals surface area (Å²) >= 11 is 0. The molecule has 2 aromatic rings. The van der Waals surface area contributed by atoms with Gasteiger partial charge in [0.05, 0.1) is 29.6 Å². The Kier molecular flexibility index (Phi) is 3.79. The van der Waals surface area contributed by atoms with Crippen molar-refractivity contribution < 1.29 is 13.2 Å². The maximum Gasteiger partial charge on any atom is 0.417 e. The number of benzene rings is 1. The molecule has 4 nitrogen and oxygen atoms in total. The number of imidazole rings is 1. The Hall–Kier alpha value is -2.75. The molecule has 0 saturated heterocycles. The molecule has 2 aliphatic carbocycles. The lowest BCUT2D eigenvalue weighted by Crippen LogP contribution is -2.32. The van der Waals surface area contributed by atoms with E-state index in [1.54, 1.807) is 24.7 Å². The molecule has 1 saturated carbocycles. The Morgan fingerprint density at radius 1 is 1.27 bits per heavy atom. The zero-order valence-corrected chi connectivity index (χ0v) is 13.9. The number of hydrogen-bond donors (Lipinski definition) is 1. The number of nitrogens with zero attached hydrogens (tertiary/aromatic N) is 3. The molecule has 1 atom stereocenters. The molecule has 0 aliphatic heterocycles. The van der Waals surface area contributed by atoms with Gasteiger partial charge in [0.2, 0.25) is 0 Å². The molecule has 26 heavy (non-hydrogen) atoms. The van der Waals surface area contributed by atoms with Crippen LogP contribution in [-0.4, -0.2) is 15.6 Å². The molecule has 1 N–H and O–H groups in total. The number of rotatable bonds is 3. The molecule has 1 unspecified atom stereocenters. The topological polar surface area (TPSA) is 53.6 Å². The van der Waals surface area contributed by atoms with Crippen molar-refractivity contribution in [2.45, 2.75) is 37.9 Å². The van der Waals surface area contributed by atoms with Gasteiger partial charge in [0.1, 0.15) is 0 Å². The molecule has 0 radical (unpaired) electrons. The van der Waals surface area contributed by atoms with E-state index in [2.05, 4.69) is 16.4 Å². The molecule has 134 valence electrons. The normalized spacial score (nSPS) is 21.2. The van der Waals surface area contributed by atoms with Crippen molar-refractivity contribution in [1.82, 2.24) is 9.55 Å². The second-order valence-corrected chi connectivity index (χ2v) is 6.98. The summed E-state index contributed by atoms with van der Waals surface area (Å²) < 4.78 is 41.6. The Bertz CT molecular complexity index is 886. The highest BCUT2D eigenvalue weighted by Gasteiger charge is 2.50. The minimum Gasteiger partial charge on any atom is -0.378 e. The molecule has 7 heteroatoms. The van der Waals surface area contributed by atoms with Gasteiger partial charge in [-0.15, -0.1) is 0 Å². The van der Waals surface area contributed by atoms with E-state index in [-0.39, 0.29) is 17.0 Å². The molecular weight excluding hydrogens is 341 g/mol. The van der Waals surface area contributed by atoms with Crippen LogP contribution < -0.4 is 5.32 Å². The van der Waals surface area contributed by atoms with E-state index in [0.717, 1.165) is 37.4 Å². The fraction of sp³-hybridized carbons (Fsp3) is 0.368. The molecule has 0 bridgehead atoms. The van der Waals surface area contributed by atoms with Gasteiger partial charge in [-0.1, -0.05) is 0 Å². The Morgan fingerprint density at radius 3 is 2.69 bits per heavy atom. The van der Waals surface area contributed by atoms with Gasteiger partial charge in [0.25, 0.3) is 0 Å². The smallest absolute Gasteiger partial charge is 0.378 e. The molecule has 1 aromatic carbocycles. The highest BCUT2D eigenvalue weighted by molar-refractivity contribution is 5.57. The predicted octanol–water partition coefficient (Wildman–Crippen LogP) is 4.67. The van der Waals surface area contributed by atoms with Crippen molar-refractivity contribution in [3.05, 3.63) is 54.1 Å². The Morgan fingerprint density at radius 2 is 2.08 bits per heavy atom. The predicted molar refractivity (Wildman–Crippen MR) is 91.0 cm³/mol. The van der Waals surface area contributed by atoms with Crippen LogP contribution in [0.2, 0.25) is 0 Å². The standard InChI is InChI=1S/C19H17F3N4/c20-19(21,22)16-9-14(2-1-13(16)11-23)25-17-10-15(26-8-7-24-12-26)3-4-18(17)5-6-18/h1-2,7-10,12,17,25H,3-6H2. The van der Waals surface area contributed by atoms with Gasteiger partial charge in [0.15, 0.2) is 0 Å². The summed E-state index contributed by atoms with van der Waals surface area (Å²) in [4.78, 5) is 4.06.